The summed E-state index contributed by atoms with van der Waals surface area (Å²) >= 11 is 0. The minimum absolute atomic E-state index is 0.155. The molecule has 1 aromatic carbocycles. The van der Waals surface area contributed by atoms with Crippen LogP contribution < -0.4 is 5.23 Å². The van der Waals surface area contributed by atoms with Crippen LogP contribution in [0.25, 0.3) is 0 Å². The third-order valence-corrected chi connectivity index (χ3v) is 2.67. The molecule has 2 rings (SSSR count). The third-order valence-electron chi connectivity index (χ3n) is 2.67. The predicted molar refractivity (Wildman–Crippen MR) is 59.0 cm³/mol. The molecule has 0 saturated carbocycles. The molecular weight excluding hydrogens is 220 g/mol. The summed E-state index contributed by atoms with van der Waals surface area (Å²) < 4.78 is 5.47. The van der Waals surface area contributed by atoms with Gasteiger partial charge in [0.05, 0.1) is 0 Å². The predicted octanol–water partition coefficient (Wildman–Crippen LogP) is 1.35. The molecule has 1 aromatic rings. The molecule has 2 atom stereocenters. The van der Waals surface area contributed by atoms with Crippen molar-refractivity contribution in [2.45, 2.75) is 18.9 Å². The molecule has 0 fully saturated rings. The van der Waals surface area contributed by atoms with Crippen LogP contribution in [0, 0.1) is 16.5 Å². The number of nitriles is 1. The second-order valence-electron chi connectivity index (χ2n) is 3.79. The normalized spacial score (nSPS) is 21.0. The monoisotopic (exact) mass is 232 g/mol. The van der Waals surface area contributed by atoms with Gasteiger partial charge in [0.1, 0.15) is 12.2 Å². The Kier molecular flexibility index (Phi) is 3.40. The lowest BCUT2D eigenvalue weighted by molar-refractivity contribution is -0.991. The van der Waals surface area contributed by atoms with E-state index in [0.29, 0.717) is 5.76 Å². The number of allylic oxidation sites excluding steroid dienone is 2. The molecule has 17 heavy (non-hydrogen) atoms. The Labute approximate surface area is 98.7 Å². The van der Waals surface area contributed by atoms with Gasteiger partial charge in [0.2, 0.25) is 0 Å². The van der Waals surface area contributed by atoms with Crippen LogP contribution in [0.15, 0.2) is 36.1 Å². The van der Waals surface area contributed by atoms with E-state index in [1.165, 1.54) is 0 Å². The van der Waals surface area contributed by atoms with Crippen molar-refractivity contribution in [1.29, 1.82) is 5.26 Å². The number of hydrogen-bond donors (Lipinski definition) is 2. The van der Waals surface area contributed by atoms with Gasteiger partial charge in [-0.3, -0.25) is 0 Å². The quantitative estimate of drug-likeness (QED) is 0.754. The summed E-state index contributed by atoms with van der Waals surface area (Å²) in [6.45, 7) is 0. The summed E-state index contributed by atoms with van der Waals surface area (Å²) in [7, 11) is 0. The van der Waals surface area contributed by atoms with E-state index in [1.54, 1.807) is 30.3 Å². The summed E-state index contributed by atoms with van der Waals surface area (Å²) in [6.07, 6.45) is 3.21. The first-order valence-corrected chi connectivity index (χ1v) is 5.31. The molecule has 5 heteroatoms. The van der Waals surface area contributed by atoms with Crippen molar-refractivity contribution in [3.63, 3.8) is 0 Å². The molecule has 2 N–H and O–H groups in total. The maximum Gasteiger partial charge on any atom is 0.193 e. The summed E-state index contributed by atoms with van der Waals surface area (Å²) in [5.41, 5.74) is 1.15. The van der Waals surface area contributed by atoms with Gasteiger partial charge in [-0.15, -0.1) is 0 Å². The van der Waals surface area contributed by atoms with Crippen LogP contribution in [0.3, 0.4) is 0 Å². The molecule has 1 aliphatic heterocycles. The average Bonchev–Trinajstić information content (AvgIpc) is 2.39. The van der Waals surface area contributed by atoms with Crippen LogP contribution in [0.2, 0.25) is 0 Å². The second-order valence-corrected chi connectivity index (χ2v) is 3.79. The zero-order chi connectivity index (χ0) is 12.3. The molecule has 0 spiro atoms. The number of ether oxygens (including phenoxy) is 1. The summed E-state index contributed by atoms with van der Waals surface area (Å²) in [6, 6.07) is 8.53. The molecule has 0 aromatic heterocycles. The third kappa shape index (κ3) is 2.63. The van der Waals surface area contributed by atoms with Gasteiger partial charge in [-0.2, -0.15) is 10.5 Å². The van der Waals surface area contributed by atoms with Gasteiger partial charge in [-0.1, -0.05) is 0 Å². The Hall–Kier alpha value is -1.87. The molecule has 1 heterocycles. The molecule has 0 bridgehead atoms. The zero-order valence-electron chi connectivity index (χ0n) is 9.09. The van der Waals surface area contributed by atoms with Crippen LogP contribution in [0.4, 0.5) is 5.69 Å². The number of nitrogens with zero attached hydrogens (tertiary/aromatic N) is 1. The van der Waals surface area contributed by atoms with Gasteiger partial charge in [-0.05, 0) is 36.6 Å². The number of rotatable bonds is 2. The van der Waals surface area contributed by atoms with E-state index in [9.17, 15) is 5.21 Å². The summed E-state index contributed by atoms with van der Waals surface area (Å²) in [4.78, 5) is 0. The zero-order valence-corrected chi connectivity index (χ0v) is 9.09. The first-order valence-electron chi connectivity index (χ1n) is 5.31. The number of nitrogens with one attached hydrogen (secondary N) is 1. The van der Waals surface area contributed by atoms with Gasteiger partial charge in [0.15, 0.2) is 11.4 Å². The molecule has 88 valence electrons. The van der Waals surface area contributed by atoms with Crippen LogP contribution in [0.5, 0.6) is 0 Å². The Morgan fingerprint density at radius 1 is 1.41 bits per heavy atom. The lowest BCUT2D eigenvalue weighted by Gasteiger charge is -2.22. The Morgan fingerprint density at radius 3 is 2.71 bits per heavy atom. The molecule has 0 radical (unpaired) electrons. The van der Waals surface area contributed by atoms with Crippen LogP contribution in [0.1, 0.15) is 24.5 Å². The molecule has 0 aliphatic carbocycles. The van der Waals surface area contributed by atoms with Crippen molar-refractivity contribution in [1.82, 2.24) is 0 Å². The smallest absolute Gasteiger partial charge is 0.193 e. The number of hydrogen-bond acceptors (Lipinski definition) is 4. The van der Waals surface area contributed by atoms with Crippen molar-refractivity contribution in [2.75, 3.05) is 0 Å². The standard InChI is InChI=1S/C12H12N2O3/c13-8-11-2-1-3-12(17-11)9-4-6-10(7-5-9)14(15)16/h2,4-7,12,14-15H,1,3H2. The molecule has 5 nitrogen and oxygen atoms in total. The highest BCUT2D eigenvalue weighted by Crippen LogP contribution is 2.29. The van der Waals surface area contributed by atoms with E-state index in [1.807, 2.05) is 6.07 Å². The van der Waals surface area contributed by atoms with Crippen molar-refractivity contribution in [3.05, 3.63) is 46.9 Å². The van der Waals surface area contributed by atoms with Crippen molar-refractivity contribution in [3.8, 4) is 6.07 Å². The highest BCUT2D eigenvalue weighted by atomic mass is 16.8. The van der Waals surface area contributed by atoms with Gasteiger partial charge >= 0.3 is 0 Å². The van der Waals surface area contributed by atoms with E-state index < -0.39 is 5.23 Å². The van der Waals surface area contributed by atoms with Crippen molar-refractivity contribution >= 4 is 5.69 Å². The van der Waals surface area contributed by atoms with Gasteiger partial charge in [0, 0.05) is 12.1 Å². The number of benzene rings is 1. The van der Waals surface area contributed by atoms with Crippen LogP contribution in [-0.2, 0) is 4.74 Å². The van der Waals surface area contributed by atoms with E-state index in [-0.39, 0.29) is 11.8 Å². The maximum atomic E-state index is 10.7. The molecule has 0 saturated heterocycles. The second kappa shape index (κ2) is 4.97. The maximum absolute atomic E-state index is 10.7. The Balaban J connectivity index is 2.13. The SMILES string of the molecule is N#CC1=CCCC(c2ccc([NH+]([O-])O)cc2)O1. The number of quaternary nitrogens is 1. The fraction of sp³-hybridized carbons (Fsp3) is 0.250. The van der Waals surface area contributed by atoms with E-state index >= 15 is 0 Å². The molecule has 0 amide bonds. The fourth-order valence-electron chi connectivity index (χ4n) is 1.77. The minimum Gasteiger partial charge on any atom is -0.595 e. The molecule has 1 aliphatic rings. The first-order chi connectivity index (χ1) is 8.20. The lowest BCUT2D eigenvalue weighted by Crippen LogP contribution is -2.99. The topological polar surface area (TPSA) is 80.8 Å². The van der Waals surface area contributed by atoms with E-state index in [0.717, 1.165) is 18.4 Å². The first kappa shape index (κ1) is 11.6. The minimum atomic E-state index is -0.946. The Morgan fingerprint density at radius 2 is 2.12 bits per heavy atom. The largest absolute Gasteiger partial charge is 0.595 e. The van der Waals surface area contributed by atoms with E-state index in [4.69, 9.17) is 15.2 Å². The van der Waals surface area contributed by atoms with Gasteiger partial charge < -0.3 is 9.94 Å². The lowest BCUT2D eigenvalue weighted by atomic mass is 10.0. The highest BCUT2D eigenvalue weighted by Gasteiger charge is 2.18. The Bertz CT molecular complexity index is 460. The van der Waals surface area contributed by atoms with Crippen molar-refractivity contribution in [2.24, 2.45) is 0 Å². The summed E-state index contributed by atoms with van der Waals surface area (Å²) in [5, 5.41) is 27.3. The highest BCUT2D eigenvalue weighted by molar-refractivity contribution is 5.34. The molecular formula is C12H12N2O3. The van der Waals surface area contributed by atoms with Crippen molar-refractivity contribution < 1.29 is 15.2 Å². The van der Waals surface area contributed by atoms with Crippen LogP contribution in [-0.4, -0.2) is 5.21 Å². The fourth-order valence-corrected chi connectivity index (χ4v) is 1.77. The van der Waals surface area contributed by atoms with Crippen LogP contribution >= 0.6 is 0 Å². The van der Waals surface area contributed by atoms with Gasteiger partial charge in [0.25, 0.3) is 0 Å². The summed E-state index contributed by atoms with van der Waals surface area (Å²) in [5.74, 6) is 0.337. The molecule has 2 unspecified atom stereocenters. The average molecular weight is 232 g/mol. The van der Waals surface area contributed by atoms with Gasteiger partial charge in [-0.25, -0.2) is 5.21 Å². The van der Waals surface area contributed by atoms with E-state index in [2.05, 4.69) is 0 Å².